The topological polar surface area (TPSA) is 12.0 Å². The quantitative estimate of drug-likeness (QED) is 0.407. The maximum atomic E-state index is 6.11. The molecule has 0 aliphatic heterocycles. The molecule has 0 spiro atoms. The Morgan fingerprint density at radius 1 is 0.944 bits per heavy atom. The van der Waals surface area contributed by atoms with Crippen molar-refractivity contribution in [3.63, 3.8) is 0 Å². The summed E-state index contributed by atoms with van der Waals surface area (Å²) in [4.78, 5) is 0. The van der Waals surface area contributed by atoms with E-state index in [2.05, 4.69) is 12.2 Å². The zero-order valence-electron chi connectivity index (χ0n) is 12.2. The van der Waals surface area contributed by atoms with Gasteiger partial charge >= 0.3 is 0 Å². The third-order valence-electron chi connectivity index (χ3n) is 4.12. The van der Waals surface area contributed by atoms with E-state index in [-0.39, 0.29) is 0 Å². The number of hydrogen-bond acceptors (Lipinski definition) is 1. The highest BCUT2D eigenvalue weighted by atomic mass is 35.5. The Hall–Kier alpha value is 0.250. The van der Waals surface area contributed by atoms with Gasteiger partial charge in [-0.15, -0.1) is 11.6 Å². The molecule has 0 aromatic rings. The Bertz CT molecular complexity index is 184. The fraction of sp³-hybridized carbons (Fsp3) is 1.00. The van der Waals surface area contributed by atoms with Crippen molar-refractivity contribution >= 4 is 11.6 Å². The van der Waals surface area contributed by atoms with Crippen molar-refractivity contribution in [1.82, 2.24) is 5.32 Å². The van der Waals surface area contributed by atoms with Gasteiger partial charge in [-0.3, -0.25) is 0 Å². The molecule has 1 aliphatic carbocycles. The molecular weight excluding hydrogens is 242 g/mol. The highest BCUT2D eigenvalue weighted by Gasteiger charge is 2.21. The summed E-state index contributed by atoms with van der Waals surface area (Å²) in [6.45, 7) is 4.68. The first-order chi connectivity index (χ1) is 8.83. The standard InChI is InChI=1S/C16H32ClN/c1-2-3-4-5-6-7-8-9-12-18-14-15-10-11-16(17)13-15/h15-16,18H,2-14H2,1H3. The lowest BCUT2D eigenvalue weighted by atomic mass is 10.1. The van der Waals surface area contributed by atoms with Crippen LogP contribution in [0.5, 0.6) is 0 Å². The Kier molecular flexibility index (Phi) is 10.1. The van der Waals surface area contributed by atoms with Gasteiger partial charge in [0.2, 0.25) is 0 Å². The van der Waals surface area contributed by atoms with E-state index in [1.807, 2.05) is 0 Å². The lowest BCUT2D eigenvalue weighted by molar-refractivity contribution is 0.477. The molecule has 18 heavy (non-hydrogen) atoms. The van der Waals surface area contributed by atoms with Crippen LogP contribution in [0, 0.1) is 5.92 Å². The number of alkyl halides is 1. The molecule has 1 fully saturated rings. The van der Waals surface area contributed by atoms with Gasteiger partial charge in [-0.25, -0.2) is 0 Å². The van der Waals surface area contributed by atoms with Crippen LogP contribution in [0.1, 0.15) is 77.6 Å². The minimum Gasteiger partial charge on any atom is -0.316 e. The first-order valence-corrected chi connectivity index (χ1v) is 8.61. The zero-order chi connectivity index (χ0) is 13.1. The second-order valence-corrected chi connectivity index (χ2v) is 6.57. The van der Waals surface area contributed by atoms with Gasteiger partial charge in [0, 0.05) is 5.38 Å². The second kappa shape index (κ2) is 11.1. The highest BCUT2D eigenvalue weighted by Crippen LogP contribution is 2.28. The van der Waals surface area contributed by atoms with E-state index in [0.29, 0.717) is 5.38 Å². The molecule has 1 nitrogen and oxygen atoms in total. The highest BCUT2D eigenvalue weighted by molar-refractivity contribution is 6.20. The van der Waals surface area contributed by atoms with Crippen LogP contribution in [0.15, 0.2) is 0 Å². The van der Waals surface area contributed by atoms with E-state index in [1.54, 1.807) is 0 Å². The van der Waals surface area contributed by atoms with Crippen LogP contribution in [-0.2, 0) is 0 Å². The van der Waals surface area contributed by atoms with Crippen LogP contribution >= 0.6 is 11.6 Å². The summed E-state index contributed by atoms with van der Waals surface area (Å²) < 4.78 is 0. The SMILES string of the molecule is CCCCCCCCCCNCC1CCC(Cl)C1. The van der Waals surface area contributed by atoms with E-state index in [4.69, 9.17) is 11.6 Å². The molecule has 0 amide bonds. The fourth-order valence-electron chi connectivity index (χ4n) is 2.89. The number of halogens is 1. The molecule has 1 aliphatic rings. The molecule has 0 radical (unpaired) electrons. The number of unbranched alkanes of at least 4 members (excludes halogenated alkanes) is 7. The molecule has 108 valence electrons. The predicted octanol–water partition coefficient (Wildman–Crippen LogP) is 5.12. The molecule has 0 aromatic carbocycles. The van der Waals surface area contributed by atoms with Gasteiger partial charge in [0.1, 0.15) is 0 Å². The van der Waals surface area contributed by atoms with Crippen molar-refractivity contribution in [1.29, 1.82) is 0 Å². The Morgan fingerprint density at radius 3 is 2.22 bits per heavy atom. The average Bonchev–Trinajstić information content (AvgIpc) is 2.77. The van der Waals surface area contributed by atoms with E-state index in [9.17, 15) is 0 Å². The van der Waals surface area contributed by atoms with Crippen molar-refractivity contribution in [3.05, 3.63) is 0 Å². The smallest absolute Gasteiger partial charge is 0.0339 e. The average molecular weight is 274 g/mol. The van der Waals surface area contributed by atoms with Crippen molar-refractivity contribution in [3.8, 4) is 0 Å². The molecular formula is C16H32ClN. The number of hydrogen-bond donors (Lipinski definition) is 1. The van der Waals surface area contributed by atoms with Gasteiger partial charge in [0.25, 0.3) is 0 Å². The van der Waals surface area contributed by atoms with Crippen LogP contribution in [-0.4, -0.2) is 18.5 Å². The summed E-state index contributed by atoms with van der Waals surface area (Å²) in [5.41, 5.74) is 0. The molecule has 0 saturated heterocycles. The van der Waals surface area contributed by atoms with Gasteiger partial charge < -0.3 is 5.32 Å². The fourth-order valence-corrected chi connectivity index (χ4v) is 3.27. The first kappa shape index (κ1) is 16.3. The van der Waals surface area contributed by atoms with Crippen LogP contribution in [0.25, 0.3) is 0 Å². The van der Waals surface area contributed by atoms with E-state index >= 15 is 0 Å². The largest absolute Gasteiger partial charge is 0.316 e. The van der Waals surface area contributed by atoms with Crippen molar-refractivity contribution in [2.75, 3.05) is 13.1 Å². The van der Waals surface area contributed by atoms with Crippen LogP contribution < -0.4 is 5.32 Å². The lowest BCUT2D eigenvalue weighted by Crippen LogP contribution is -2.22. The summed E-state index contributed by atoms with van der Waals surface area (Å²) in [5, 5.41) is 4.06. The molecule has 1 N–H and O–H groups in total. The maximum Gasteiger partial charge on any atom is 0.0339 e. The minimum absolute atomic E-state index is 0.458. The lowest BCUT2D eigenvalue weighted by Gasteiger charge is -2.10. The van der Waals surface area contributed by atoms with Crippen molar-refractivity contribution in [2.24, 2.45) is 5.92 Å². The number of nitrogens with one attached hydrogen (secondary N) is 1. The van der Waals surface area contributed by atoms with Crippen molar-refractivity contribution in [2.45, 2.75) is 82.9 Å². The normalized spacial score (nSPS) is 23.7. The summed E-state index contributed by atoms with van der Waals surface area (Å²) in [6.07, 6.45) is 15.1. The molecule has 2 atom stereocenters. The van der Waals surface area contributed by atoms with Gasteiger partial charge in [-0.2, -0.15) is 0 Å². The molecule has 0 bridgehead atoms. The molecule has 0 heterocycles. The summed E-state index contributed by atoms with van der Waals surface area (Å²) in [6, 6.07) is 0. The zero-order valence-corrected chi connectivity index (χ0v) is 13.0. The van der Waals surface area contributed by atoms with Crippen molar-refractivity contribution < 1.29 is 0 Å². The molecule has 0 aromatic heterocycles. The van der Waals surface area contributed by atoms with Gasteiger partial charge in [-0.05, 0) is 44.7 Å². The van der Waals surface area contributed by atoms with Gasteiger partial charge in [0.15, 0.2) is 0 Å². The predicted molar refractivity (Wildman–Crippen MR) is 82.5 cm³/mol. The summed E-state index contributed by atoms with van der Waals surface area (Å²) >= 11 is 6.11. The van der Waals surface area contributed by atoms with Gasteiger partial charge in [-0.1, -0.05) is 51.9 Å². The van der Waals surface area contributed by atoms with Crippen LogP contribution in [0.4, 0.5) is 0 Å². The summed E-state index contributed by atoms with van der Waals surface area (Å²) in [7, 11) is 0. The molecule has 2 heteroatoms. The third-order valence-corrected chi connectivity index (χ3v) is 4.51. The summed E-state index contributed by atoms with van der Waals surface area (Å²) in [5.74, 6) is 0.849. The molecule has 2 unspecified atom stereocenters. The van der Waals surface area contributed by atoms with Gasteiger partial charge in [0.05, 0.1) is 0 Å². The first-order valence-electron chi connectivity index (χ1n) is 8.17. The Morgan fingerprint density at radius 2 is 1.61 bits per heavy atom. The van der Waals surface area contributed by atoms with E-state index in [1.165, 1.54) is 83.7 Å². The maximum absolute atomic E-state index is 6.11. The molecule has 1 rings (SSSR count). The van der Waals surface area contributed by atoms with E-state index < -0.39 is 0 Å². The Balaban J connectivity index is 1.73. The van der Waals surface area contributed by atoms with Crippen LogP contribution in [0.2, 0.25) is 0 Å². The monoisotopic (exact) mass is 273 g/mol. The Labute approximate surface area is 119 Å². The number of rotatable bonds is 11. The van der Waals surface area contributed by atoms with E-state index in [0.717, 1.165) is 5.92 Å². The second-order valence-electron chi connectivity index (χ2n) is 5.96. The minimum atomic E-state index is 0.458. The molecule has 1 saturated carbocycles. The van der Waals surface area contributed by atoms with Crippen LogP contribution in [0.3, 0.4) is 0 Å². The third kappa shape index (κ3) is 8.37.